The molecule has 1 amide bonds. The fourth-order valence-electron chi connectivity index (χ4n) is 2.10. The van der Waals surface area contributed by atoms with Crippen LogP contribution < -0.4 is 5.32 Å². The standard InChI is InChI=1S/C17H20N2O2/c1-12-9-15(11-18-10-12)17(21)19-13(2)3-4-14-5-7-16(20)8-6-14/h5-11,13,20H,3-4H2,1-2H3,(H,19,21). The van der Waals surface area contributed by atoms with Crippen molar-refractivity contribution >= 4 is 5.91 Å². The predicted molar refractivity (Wildman–Crippen MR) is 82.3 cm³/mol. The van der Waals surface area contributed by atoms with Gasteiger partial charge < -0.3 is 10.4 Å². The minimum absolute atomic E-state index is 0.0758. The van der Waals surface area contributed by atoms with E-state index >= 15 is 0 Å². The first-order valence-corrected chi connectivity index (χ1v) is 7.05. The summed E-state index contributed by atoms with van der Waals surface area (Å²) in [5.74, 6) is 0.177. The van der Waals surface area contributed by atoms with Crippen molar-refractivity contribution in [2.45, 2.75) is 32.7 Å². The highest BCUT2D eigenvalue weighted by molar-refractivity contribution is 5.94. The Kier molecular flexibility index (Phi) is 4.93. The number of hydrogen-bond acceptors (Lipinski definition) is 3. The van der Waals surface area contributed by atoms with Gasteiger partial charge in [-0.1, -0.05) is 12.1 Å². The summed E-state index contributed by atoms with van der Waals surface area (Å²) in [5.41, 5.74) is 2.71. The number of nitrogens with one attached hydrogen (secondary N) is 1. The Hall–Kier alpha value is -2.36. The van der Waals surface area contributed by atoms with Crippen LogP contribution in [0.4, 0.5) is 0 Å². The van der Waals surface area contributed by atoms with Crippen molar-refractivity contribution in [2.75, 3.05) is 0 Å². The minimum Gasteiger partial charge on any atom is -0.508 e. The molecule has 4 nitrogen and oxygen atoms in total. The van der Waals surface area contributed by atoms with Crippen LogP contribution in [-0.4, -0.2) is 22.0 Å². The lowest BCUT2D eigenvalue weighted by atomic mass is 10.1. The molecule has 1 unspecified atom stereocenters. The Morgan fingerprint density at radius 3 is 2.67 bits per heavy atom. The second-order valence-corrected chi connectivity index (χ2v) is 5.33. The number of aryl methyl sites for hydroxylation is 2. The van der Waals surface area contributed by atoms with Crippen LogP contribution in [0.25, 0.3) is 0 Å². The second kappa shape index (κ2) is 6.88. The van der Waals surface area contributed by atoms with Crippen molar-refractivity contribution in [1.82, 2.24) is 10.3 Å². The fraction of sp³-hybridized carbons (Fsp3) is 0.294. The van der Waals surface area contributed by atoms with E-state index in [0.717, 1.165) is 24.0 Å². The van der Waals surface area contributed by atoms with E-state index in [9.17, 15) is 9.90 Å². The molecule has 4 heteroatoms. The number of aromatic nitrogens is 1. The summed E-state index contributed by atoms with van der Waals surface area (Å²) in [6, 6.07) is 9.05. The van der Waals surface area contributed by atoms with Crippen LogP contribution in [0.3, 0.4) is 0 Å². The van der Waals surface area contributed by atoms with Gasteiger partial charge in [0.2, 0.25) is 0 Å². The van der Waals surface area contributed by atoms with E-state index in [-0.39, 0.29) is 17.7 Å². The summed E-state index contributed by atoms with van der Waals surface area (Å²) in [7, 11) is 0. The molecule has 0 saturated carbocycles. The summed E-state index contributed by atoms with van der Waals surface area (Å²) in [4.78, 5) is 16.1. The lowest BCUT2D eigenvalue weighted by Crippen LogP contribution is -2.33. The molecule has 21 heavy (non-hydrogen) atoms. The average Bonchev–Trinajstić information content (AvgIpc) is 2.46. The van der Waals surface area contributed by atoms with E-state index in [4.69, 9.17) is 0 Å². The van der Waals surface area contributed by atoms with E-state index in [2.05, 4.69) is 10.3 Å². The number of hydrogen-bond donors (Lipinski definition) is 2. The number of carbonyl (C=O) groups excluding carboxylic acids is 1. The van der Waals surface area contributed by atoms with Gasteiger partial charge in [-0.15, -0.1) is 0 Å². The van der Waals surface area contributed by atoms with Gasteiger partial charge in [0, 0.05) is 18.4 Å². The number of aromatic hydroxyl groups is 1. The third-order valence-electron chi connectivity index (χ3n) is 3.32. The lowest BCUT2D eigenvalue weighted by molar-refractivity contribution is 0.0938. The minimum atomic E-state index is -0.0931. The Morgan fingerprint density at radius 1 is 1.29 bits per heavy atom. The molecule has 0 radical (unpaired) electrons. The quantitative estimate of drug-likeness (QED) is 0.887. The molecule has 0 spiro atoms. The number of carbonyl (C=O) groups is 1. The molecule has 1 atom stereocenters. The highest BCUT2D eigenvalue weighted by atomic mass is 16.3. The number of pyridine rings is 1. The molecule has 0 fully saturated rings. The highest BCUT2D eigenvalue weighted by Crippen LogP contribution is 2.12. The first-order valence-electron chi connectivity index (χ1n) is 7.05. The van der Waals surface area contributed by atoms with Gasteiger partial charge in [0.1, 0.15) is 5.75 Å². The maximum Gasteiger partial charge on any atom is 0.253 e. The van der Waals surface area contributed by atoms with E-state index in [0.29, 0.717) is 5.56 Å². The molecule has 110 valence electrons. The molecule has 0 aliphatic rings. The molecular weight excluding hydrogens is 264 g/mol. The Labute approximate surface area is 124 Å². The number of amides is 1. The normalized spacial score (nSPS) is 11.9. The molecule has 1 heterocycles. The molecule has 2 aromatic rings. The van der Waals surface area contributed by atoms with Crippen molar-refractivity contribution in [3.8, 4) is 5.75 Å². The van der Waals surface area contributed by atoms with Crippen molar-refractivity contribution in [3.63, 3.8) is 0 Å². The third-order valence-corrected chi connectivity index (χ3v) is 3.32. The van der Waals surface area contributed by atoms with Gasteiger partial charge in [0.25, 0.3) is 5.91 Å². The Balaban J connectivity index is 1.85. The van der Waals surface area contributed by atoms with Gasteiger partial charge in [0.05, 0.1) is 5.56 Å². The zero-order valence-electron chi connectivity index (χ0n) is 12.3. The molecule has 0 aliphatic carbocycles. The molecule has 0 aliphatic heterocycles. The SMILES string of the molecule is Cc1cncc(C(=O)NC(C)CCc2ccc(O)cc2)c1. The van der Waals surface area contributed by atoms with Crippen LogP contribution >= 0.6 is 0 Å². The van der Waals surface area contributed by atoms with E-state index < -0.39 is 0 Å². The molecule has 2 rings (SSSR count). The second-order valence-electron chi connectivity index (χ2n) is 5.33. The molecule has 0 saturated heterocycles. The molecule has 2 N–H and O–H groups in total. The van der Waals surface area contributed by atoms with Crippen LogP contribution in [0.5, 0.6) is 5.75 Å². The molecule has 1 aromatic heterocycles. The smallest absolute Gasteiger partial charge is 0.253 e. The highest BCUT2D eigenvalue weighted by Gasteiger charge is 2.10. The van der Waals surface area contributed by atoms with Gasteiger partial charge in [-0.3, -0.25) is 9.78 Å². The maximum atomic E-state index is 12.1. The molecule has 1 aromatic carbocycles. The number of phenolic OH excluding ortho intramolecular Hbond substituents is 1. The summed E-state index contributed by atoms with van der Waals surface area (Å²) >= 11 is 0. The van der Waals surface area contributed by atoms with Crippen molar-refractivity contribution < 1.29 is 9.90 Å². The van der Waals surface area contributed by atoms with Gasteiger partial charge in [-0.2, -0.15) is 0 Å². The van der Waals surface area contributed by atoms with Crippen molar-refractivity contribution in [1.29, 1.82) is 0 Å². The molecule has 0 bridgehead atoms. The lowest BCUT2D eigenvalue weighted by Gasteiger charge is -2.14. The summed E-state index contributed by atoms with van der Waals surface area (Å²) < 4.78 is 0. The third kappa shape index (κ3) is 4.60. The first kappa shape index (κ1) is 15.0. The van der Waals surface area contributed by atoms with Crippen LogP contribution in [-0.2, 0) is 6.42 Å². The zero-order chi connectivity index (χ0) is 15.2. The van der Waals surface area contributed by atoms with E-state index in [1.165, 1.54) is 0 Å². The topological polar surface area (TPSA) is 62.2 Å². The summed E-state index contributed by atoms with van der Waals surface area (Å²) in [5, 5.41) is 12.2. The van der Waals surface area contributed by atoms with Crippen LogP contribution in [0.15, 0.2) is 42.7 Å². The summed E-state index contributed by atoms with van der Waals surface area (Å²) in [6.45, 7) is 3.90. The van der Waals surface area contributed by atoms with Crippen LogP contribution in [0.1, 0.15) is 34.8 Å². The largest absolute Gasteiger partial charge is 0.508 e. The van der Waals surface area contributed by atoms with E-state index in [1.807, 2.05) is 32.0 Å². The number of rotatable bonds is 5. The first-order chi connectivity index (χ1) is 10.0. The zero-order valence-corrected chi connectivity index (χ0v) is 12.3. The predicted octanol–water partition coefficient (Wildman–Crippen LogP) is 2.85. The average molecular weight is 284 g/mol. The number of nitrogens with zero attached hydrogens (tertiary/aromatic N) is 1. The van der Waals surface area contributed by atoms with Crippen molar-refractivity contribution in [3.05, 3.63) is 59.4 Å². The van der Waals surface area contributed by atoms with E-state index in [1.54, 1.807) is 24.5 Å². The Morgan fingerprint density at radius 2 is 2.00 bits per heavy atom. The number of phenols is 1. The number of benzene rings is 1. The fourth-order valence-corrected chi connectivity index (χ4v) is 2.10. The van der Waals surface area contributed by atoms with Gasteiger partial charge >= 0.3 is 0 Å². The van der Waals surface area contributed by atoms with Crippen molar-refractivity contribution in [2.24, 2.45) is 0 Å². The summed E-state index contributed by atoms with van der Waals surface area (Å²) in [6.07, 6.45) is 5.00. The maximum absolute atomic E-state index is 12.1. The Bertz CT molecular complexity index is 608. The van der Waals surface area contributed by atoms with Gasteiger partial charge in [-0.25, -0.2) is 0 Å². The monoisotopic (exact) mass is 284 g/mol. The van der Waals surface area contributed by atoms with Crippen LogP contribution in [0, 0.1) is 6.92 Å². The molecular formula is C17H20N2O2. The van der Waals surface area contributed by atoms with Crippen LogP contribution in [0.2, 0.25) is 0 Å². The van der Waals surface area contributed by atoms with Gasteiger partial charge in [0.15, 0.2) is 0 Å². The van der Waals surface area contributed by atoms with Gasteiger partial charge in [-0.05, 0) is 56.0 Å².